The van der Waals surface area contributed by atoms with Crippen LogP contribution in [0.5, 0.6) is 0 Å². The smallest absolute Gasteiger partial charge is 0.333 e. The summed E-state index contributed by atoms with van der Waals surface area (Å²) in [5, 5.41) is 24.5. The molecule has 0 heterocycles. The quantitative estimate of drug-likeness (QED) is 0.174. The number of hydrogen-bond donors (Lipinski definition) is 3. The molecule has 0 saturated carbocycles. The number of esters is 1. The van der Waals surface area contributed by atoms with Crippen LogP contribution < -0.4 is 0 Å². The lowest BCUT2D eigenvalue weighted by Gasteiger charge is -2.06. The number of aliphatic carboxylic acids is 1. The summed E-state index contributed by atoms with van der Waals surface area (Å²) in [6.45, 7) is 11.2. The van der Waals surface area contributed by atoms with E-state index < -0.39 is 12.3 Å². The van der Waals surface area contributed by atoms with Gasteiger partial charge in [-0.05, 0) is 13.3 Å². The van der Waals surface area contributed by atoms with E-state index in [1.54, 1.807) is 6.92 Å². The van der Waals surface area contributed by atoms with Crippen molar-refractivity contribution in [3.8, 4) is 0 Å². The van der Waals surface area contributed by atoms with Crippen LogP contribution in [0.1, 0.15) is 52.4 Å². The van der Waals surface area contributed by atoms with Gasteiger partial charge in [0.1, 0.15) is 0 Å². The van der Waals surface area contributed by atoms with Crippen molar-refractivity contribution in [1.82, 2.24) is 0 Å². The van der Waals surface area contributed by atoms with E-state index >= 15 is 0 Å². The van der Waals surface area contributed by atoms with Gasteiger partial charge in [0.25, 0.3) is 0 Å². The molecule has 0 amide bonds. The first-order valence-corrected chi connectivity index (χ1v) is 9.34. The maximum Gasteiger partial charge on any atom is 0.333 e. The Labute approximate surface area is 168 Å². The monoisotopic (exact) mass is 406 g/mol. The van der Waals surface area contributed by atoms with Crippen LogP contribution in [-0.2, 0) is 23.8 Å². The number of unbranched alkanes of at least 4 members (excludes halogenated alkanes) is 5. The molecule has 0 aromatic heterocycles. The number of carboxylic acids is 1. The Morgan fingerprint density at radius 3 is 2.07 bits per heavy atom. The first kappa shape index (κ1) is 31.0. The first-order chi connectivity index (χ1) is 13.3. The van der Waals surface area contributed by atoms with Crippen LogP contribution in [0, 0.1) is 0 Å². The summed E-state index contributed by atoms with van der Waals surface area (Å²) in [4.78, 5) is 20.2. The molecule has 0 bridgehead atoms. The van der Waals surface area contributed by atoms with Crippen molar-refractivity contribution in [2.24, 2.45) is 0 Å². The fraction of sp³-hybridized carbons (Fsp3) is 0.700. The zero-order valence-electron chi connectivity index (χ0n) is 17.5. The second-order valence-corrected chi connectivity index (χ2v) is 5.72. The van der Waals surface area contributed by atoms with Crippen molar-refractivity contribution >= 4 is 11.9 Å². The third kappa shape index (κ3) is 32.0. The predicted molar refractivity (Wildman–Crippen MR) is 108 cm³/mol. The molecule has 3 N–H and O–H groups in total. The Balaban J connectivity index is -0.000000381. The zero-order chi connectivity index (χ0) is 22.2. The van der Waals surface area contributed by atoms with Crippen molar-refractivity contribution in [3.63, 3.8) is 0 Å². The average molecular weight is 407 g/mol. The molecular formula is C20H38O8. The van der Waals surface area contributed by atoms with Crippen LogP contribution in [0.2, 0.25) is 0 Å². The van der Waals surface area contributed by atoms with Gasteiger partial charge < -0.3 is 29.5 Å². The predicted octanol–water partition coefficient (Wildman–Crippen LogP) is 2.68. The molecule has 0 spiro atoms. The van der Waals surface area contributed by atoms with Crippen LogP contribution in [0.25, 0.3) is 0 Å². The molecule has 1 unspecified atom stereocenters. The van der Waals surface area contributed by atoms with Gasteiger partial charge in [-0.3, -0.25) is 0 Å². The maximum absolute atomic E-state index is 11.0. The second-order valence-electron chi connectivity index (χ2n) is 5.72. The molecule has 0 aromatic rings. The highest BCUT2D eigenvalue weighted by atomic mass is 16.6. The number of carbonyl (C=O) groups is 2. The lowest BCUT2D eigenvalue weighted by Crippen LogP contribution is -2.18. The van der Waals surface area contributed by atoms with Gasteiger partial charge in [0.15, 0.2) is 6.29 Å². The molecule has 0 aliphatic heterocycles. The van der Waals surface area contributed by atoms with Crippen LogP contribution in [0.3, 0.4) is 0 Å². The molecule has 1 atom stereocenters. The molecule has 0 aromatic carbocycles. The fourth-order valence-electron chi connectivity index (χ4n) is 1.49. The lowest BCUT2D eigenvalue weighted by molar-refractivity contribution is -0.139. The normalized spacial score (nSPS) is 10.5. The lowest BCUT2D eigenvalue weighted by atomic mass is 10.1. The maximum atomic E-state index is 11.0. The number of carboxylic acid groups (broad SMARTS) is 1. The SMILES string of the molecule is C=C(C)C(=O)OCCCCCCCC.C=CC(=O)O.COC(O)COCCO. The molecule has 0 radical (unpaired) electrons. The Bertz CT molecular complexity index is 396. The fourth-order valence-corrected chi connectivity index (χ4v) is 1.49. The van der Waals surface area contributed by atoms with Crippen molar-refractivity contribution in [3.05, 3.63) is 24.8 Å². The number of aliphatic hydroxyl groups is 2. The molecule has 8 heteroatoms. The van der Waals surface area contributed by atoms with E-state index in [4.69, 9.17) is 24.8 Å². The minimum atomic E-state index is -0.981. The molecule has 0 saturated heterocycles. The molecule has 0 rings (SSSR count). The second kappa shape index (κ2) is 25.3. The van der Waals surface area contributed by atoms with Crippen molar-refractivity contribution in [2.75, 3.05) is 33.5 Å². The molecule has 0 aliphatic rings. The van der Waals surface area contributed by atoms with Gasteiger partial charge in [0, 0.05) is 18.8 Å². The van der Waals surface area contributed by atoms with E-state index in [2.05, 4.69) is 24.8 Å². The topological polar surface area (TPSA) is 123 Å². The van der Waals surface area contributed by atoms with E-state index in [9.17, 15) is 9.59 Å². The van der Waals surface area contributed by atoms with Crippen LogP contribution >= 0.6 is 0 Å². The summed E-state index contributed by atoms with van der Waals surface area (Å²) < 4.78 is 14.1. The van der Waals surface area contributed by atoms with E-state index in [0.29, 0.717) is 12.2 Å². The Hall–Kier alpha value is -1.74. The van der Waals surface area contributed by atoms with E-state index in [-0.39, 0.29) is 25.8 Å². The highest BCUT2D eigenvalue weighted by Gasteiger charge is 2.01. The molecular weight excluding hydrogens is 368 g/mol. The molecule has 28 heavy (non-hydrogen) atoms. The number of methoxy groups -OCH3 is 1. The third-order valence-corrected chi connectivity index (χ3v) is 3.02. The standard InChI is InChI=1S/C12H22O2.C5H12O4.C3H4O2/c1-4-5-6-7-8-9-10-14-12(13)11(2)3;1-8-5(7)4-9-3-2-6;1-2-3(4)5/h2,4-10H2,1,3H3;5-7H,2-4H2,1H3;2H,1H2,(H,4,5). The van der Waals surface area contributed by atoms with E-state index in [0.717, 1.165) is 18.9 Å². The molecule has 0 aliphatic carbocycles. The minimum absolute atomic E-state index is 0.0313. The van der Waals surface area contributed by atoms with E-state index in [1.165, 1.54) is 32.8 Å². The van der Waals surface area contributed by atoms with Crippen molar-refractivity contribution < 1.29 is 39.1 Å². The summed E-state index contributed by atoms with van der Waals surface area (Å²) in [6, 6.07) is 0. The van der Waals surface area contributed by atoms with Gasteiger partial charge in [-0.25, -0.2) is 9.59 Å². The highest BCUT2D eigenvalue weighted by molar-refractivity contribution is 5.86. The van der Waals surface area contributed by atoms with Crippen molar-refractivity contribution in [1.29, 1.82) is 0 Å². The Morgan fingerprint density at radius 1 is 1.11 bits per heavy atom. The highest BCUT2D eigenvalue weighted by Crippen LogP contribution is 2.05. The number of hydrogen-bond acceptors (Lipinski definition) is 7. The summed E-state index contributed by atoms with van der Waals surface area (Å²) in [5.41, 5.74) is 0.482. The van der Waals surface area contributed by atoms with Crippen LogP contribution in [0.4, 0.5) is 0 Å². The Morgan fingerprint density at radius 2 is 1.64 bits per heavy atom. The van der Waals surface area contributed by atoms with Gasteiger partial charge in [0.2, 0.25) is 0 Å². The van der Waals surface area contributed by atoms with Gasteiger partial charge in [-0.2, -0.15) is 0 Å². The third-order valence-electron chi connectivity index (χ3n) is 3.02. The van der Waals surface area contributed by atoms with Crippen LogP contribution in [-0.4, -0.2) is 67.1 Å². The van der Waals surface area contributed by atoms with Gasteiger partial charge in [-0.1, -0.05) is 52.2 Å². The molecule has 8 nitrogen and oxygen atoms in total. The number of ether oxygens (including phenoxy) is 3. The minimum Gasteiger partial charge on any atom is -0.478 e. The van der Waals surface area contributed by atoms with E-state index in [1.807, 2.05) is 0 Å². The molecule has 0 fully saturated rings. The summed E-state index contributed by atoms with van der Waals surface area (Å²) >= 11 is 0. The number of aliphatic hydroxyl groups excluding tert-OH is 2. The number of rotatable bonds is 14. The molecule has 166 valence electrons. The largest absolute Gasteiger partial charge is 0.478 e. The summed E-state index contributed by atoms with van der Waals surface area (Å²) in [5.74, 6) is -1.25. The summed E-state index contributed by atoms with van der Waals surface area (Å²) in [6.07, 6.45) is 7.21. The van der Waals surface area contributed by atoms with Crippen molar-refractivity contribution in [2.45, 2.75) is 58.7 Å². The first-order valence-electron chi connectivity index (χ1n) is 9.34. The van der Waals surface area contributed by atoms with Gasteiger partial charge in [0.05, 0.1) is 26.4 Å². The zero-order valence-corrected chi connectivity index (χ0v) is 17.5. The van der Waals surface area contributed by atoms with Crippen LogP contribution in [0.15, 0.2) is 24.8 Å². The Kier molecular flexibility index (Phi) is 27.9. The van der Waals surface area contributed by atoms with Gasteiger partial charge in [-0.15, -0.1) is 0 Å². The van der Waals surface area contributed by atoms with Gasteiger partial charge >= 0.3 is 11.9 Å². The summed E-state index contributed by atoms with van der Waals surface area (Å²) in [7, 11) is 1.38. The average Bonchev–Trinajstić information content (AvgIpc) is 2.67. The number of carbonyl (C=O) groups excluding carboxylic acids is 1.